The third-order valence-corrected chi connectivity index (χ3v) is 4.36. The van der Waals surface area contributed by atoms with Crippen molar-refractivity contribution in [1.29, 1.82) is 0 Å². The van der Waals surface area contributed by atoms with E-state index in [0.29, 0.717) is 0 Å². The van der Waals surface area contributed by atoms with Crippen molar-refractivity contribution in [3.05, 3.63) is 35.9 Å². The largest absolute Gasteiger partial charge is 0.391 e. The lowest BCUT2D eigenvalue weighted by atomic mass is 10.1. The molecule has 1 aromatic carbocycles. The van der Waals surface area contributed by atoms with Crippen LogP contribution in [0, 0.1) is 0 Å². The molecule has 0 saturated carbocycles. The molecule has 0 amide bonds. The second-order valence-electron chi connectivity index (χ2n) is 6.72. The lowest BCUT2D eigenvalue weighted by molar-refractivity contribution is -0.253. The molecule has 0 aliphatic carbocycles. The Hall–Kier alpha value is -0.980. The summed E-state index contributed by atoms with van der Waals surface area (Å²) in [6.07, 6.45) is -1.55. The molecule has 0 bridgehead atoms. The highest BCUT2D eigenvalue weighted by atomic mass is 16.8. The Kier molecular flexibility index (Phi) is 4.76. The average Bonchev–Trinajstić information content (AvgIpc) is 2.99. The first-order valence-corrected chi connectivity index (χ1v) is 8.31. The van der Waals surface area contributed by atoms with Gasteiger partial charge in [0, 0.05) is 0 Å². The molecule has 1 unspecified atom stereocenters. The van der Waals surface area contributed by atoms with Crippen LogP contribution in [0.25, 0.3) is 0 Å². The van der Waals surface area contributed by atoms with Crippen LogP contribution in [-0.2, 0) is 18.9 Å². The number of aliphatic hydroxyl groups is 1. The van der Waals surface area contributed by atoms with E-state index in [0.717, 1.165) is 12.0 Å². The summed E-state index contributed by atoms with van der Waals surface area (Å²) in [7, 11) is 0. The highest BCUT2D eigenvalue weighted by Gasteiger charge is 2.57. The van der Waals surface area contributed by atoms with Crippen molar-refractivity contribution in [2.45, 2.75) is 76.7 Å². The minimum absolute atomic E-state index is 0.0816. The van der Waals surface area contributed by atoms with Crippen molar-refractivity contribution in [3.8, 4) is 0 Å². The van der Waals surface area contributed by atoms with Crippen LogP contribution in [0.15, 0.2) is 30.3 Å². The Morgan fingerprint density at radius 2 is 1.83 bits per heavy atom. The zero-order chi connectivity index (χ0) is 16.6. The first-order valence-electron chi connectivity index (χ1n) is 8.31. The molecule has 6 atom stereocenters. The minimum Gasteiger partial charge on any atom is -0.391 e. The van der Waals surface area contributed by atoms with Gasteiger partial charge in [0.05, 0.1) is 12.2 Å². The molecule has 128 valence electrons. The number of benzene rings is 1. The van der Waals surface area contributed by atoms with Crippen molar-refractivity contribution in [2.24, 2.45) is 0 Å². The number of ether oxygens (including phenoxy) is 4. The standard InChI is InChI=1S/C18H26O5/c1-5-13(12-9-7-6-8-10-12)20-17-16-15(14(21-17)11(2)19)22-18(3,4)23-16/h6-11,13-17,19H,5H2,1-4H3/t11-,13?,14-,15+,16+,17+/m1/s1. The van der Waals surface area contributed by atoms with Gasteiger partial charge in [-0.25, -0.2) is 0 Å². The van der Waals surface area contributed by atoms with E-state index in [2.05, 4.69) is 6.92 Å². The Bertz CT molecular complexity index is 515. The minimum atomic E-state index is -0.692. The zero-order valence-electron chi connectivity index (χ0n) is 14.1. The molecule has 2 aliphatic heterocycles. The van der Waals surface area contributed by atoms with E-state index < -0.39 is 24.3 Å². The fraction of sp³-hybridized carbons (Fsp3) is 0.667. The monoisotopic (exact) mass is 322 g/mol. The van der Waals surface area contributed by atoms with Gasteiger partial charge in [0.2, 0.25) is 0 Å². The fourth-order valence-corrected chi connectivity index (χ4v) is 3.33. The van der Waals surface area contributed by atoms with Gasteiger partial charge < -0.3 is 24.1 Å². The summed E-state index contributed by atoms with van der Waals surface area (Å²) in [6.45, 7) is 7.52. The molecule has 2 aliphatic rings. The summed E-state index contributed by atoms with van der Waals surface area (Å²) in [5.41, 5.74) is 1.11. The van der Waals surface area contributed by atoms with Gasteiger partial charge in [-0.2, -0.15) is 0 Å². The van der Waals surface area contributed by atoms with Crippen LogP contribution in [0.3, 0.4) is 0 Å². The normalized spacial score (nSPS) is 35.0. The summed E-state index contributed by atoms with van der Waals surface area (Å²) in [4.78, 5) is 0. The molecular formula is C18H26O5. The molecule has 2 heterocycles. The third kappa shape index (κ3) is 3.44. The van der Waals surface area contributed by atoms with Crippen molar-refractivity contribution in [2.75, 3.05) is 0 Å². The number of rotatable bonds is 5. The summed E-state index contributed by atoms with van der Waals surface area (Å²) >= 11 is 0. The second-order valence-corrected chi connectivity index (χ2v) is 6.72. The van der Waals surface area contributed by atoms with E-state index in [1.54, 1.807) is 6.92 Å². The first kappa shape index (κ1) is 16.9. The van der Waals surface area contributed by atoms with E-state index in [9.17, 15) is 5.11 Å². The lowest BCUT2D eigenvalue weighted by Gasteiger charge is -2.27. The van der Waals surface area contributed by atoms with Gasteiger partial charge in [-0.15, -0.1) is 0 Å². The van der Waals surface area contributed by atoms with Gasteiger partial charge in [-0.05, 0) is 32.8 Å². The summed E-state index contributed by atoms with van der Waals surface area (Å²) in [6, 6.07) is 10.1. The predicted molar refractivity (Wildman–Crippen MR) is 84.7 cm³/mol. The molecule has 0 aromatic heterocycles. The van der Waals surface area contributed by atoms with Crippen molar-refractivity contribution < 1.29 is 24.1 Å². The summed E-state index contributed by atoms with van der Waals surface area (Å²) < 4.78 is 24.0. The third-order valence-electron chi connectivity index (χ3n) is 4.36. The van der Waals surface area contributed by atoms with Crippen LogP contribution in [0.2, 0.25) is 0 Å². The van der Waals surface area contributed by atoms with Crippen LogP contribution in [0.1, 0.15) is 45.8 Å². The molecule has 3 rings (SSSR count). The van der Waals surface area contributed by atoms with Crippen LogP contribution < -0.4 is 0 Å². The summed E-state index contributed by atoms with van der Waals surface area (Å²) in [5.74, 6) is -0.692. The molecule has 2 fully saturated rings. The van der Waals surface area contributed by atoms with Gasteiger partial charge in [-0.1, -0.05) is 37.3 Å². The maximum atomic E-state index is 9.98. The SMILES string of the molecule is CCC(O[C@H]1O[C@H]([C@@H](C)O)[C@@H]2OC(C)(C)O[C@H]12)c1ccccc1. The molecular weight excluding hydrogens is 296 g/mol. The summed E-state index contributed by atoms with van der Waals surface area (Å²) in [5, 5.41) is 9.98. The molecule has 5 heteroatoms. The maximum absolute atomic E-state index is 9.98. The van der Waals surface area contributed by atoms with Crippen LogP contribution in [0.5, 0.6) is 0 Å². The van der Waals surface area contributed by atoms with Gasteiger partial charge in [0.25, 0.3) is 0 Å². The number of hydrogen-bond donors (Lipinski definition) is 1. The highest BCUT2D eigenvalue weighted by Crippen LogP contribution is 2.41. The van der Waals surface area contributed by atoms with E-state index >= 15 is 0 Å². The van der Waals surface area contributed by atoms with Crippen LogP contribution >= 0.6 is 0 Å². The fourth-order valence-electron chi connectivity index (χ4n) is 3.33. The van der Waals surface area contributed by atoms with Crippen molar-refractivity contribution >= 4 is 0 Å². The van der Waals surface area contributed by atoms with Gasteiger partial charge in [0.15, 0.2) is 12.1 Å². The Labute approximate surface area is 137 Å². The van der Waals surface area contributed by atoms with Crippen molar-refractivity contribution in [3.63, 3.8) is 0 Å². The zero-order valence-corrected chi connectivity index (χ0v) is 14.1. The lowest BCUT2D eigenvalue weighted by Crippen LogP contribution is -2.36. The quantitative estimate of drug-likeness (QED) is 0.903. The topological polar surface area (TPSA) is 57.2 Å². The van der Waals surface area contributed by atoms with E-state index in [-0.39, 0.29) is 18.3 Å². The van der Waals surface area contributed by atoms with E-state index in [1.165, 1.54) is 0 Å². The Morgan fingerprint density at radius 3 is 2.43 bits per heavy atom. The molecule has 23 heavy (non-hydrogen) atoms. The number of hydrogen-bond acceptors (Lipinski definition) is 5. The Morgan fingerprint density at radius 1 is 1.17 bits per heavy atom. The Balaban J connectivity index is 1.76. The van der Waals surface area contributed by atoms with Crippen LogP contribution in [-0.4, -0.2) is 41.6 Å². The van der Waals surface area contributed by atoms with Gasteiger partial charge >= 0.3 is 0 Å². The van der Waals surface area contributed by atoms with E-state index in [4.69, 9.17) is 18.9 Å². The average molecular weight is 322 g/mol. The number of fused-ring (bicyclic) bond motifs is 1. The van der Waals surface area contributed by atoms with Crippen LogP contribution in [0.4, 0.5) is 0 Å². The smallest absolute Gasteiger partial charge is 0.187 e. The predicted octanol–water partition coefficient (Wildman–Crippen LogP) is 2.78. The molecule has 5 nitrogen and oxygen atoms in total. The van der Waals surface area contributed by atoms with E-state index in [1.807, 2.05) is 44.2 Å². The molecule has 1 aromatic rings. The molecule has 2 saturated heterocycles. The molecule has 0 radical (unpaired) electrons. The molecule has 0 spiro atoms. The first-order chi connectivity index (χ1) is 10.9. The molecule has 1 N–H and O–H groups in total. The highest BCUT2D eigenvalue weighted by molar-refractivity contribution is 5.17. The van der Waals surface area contributed by atoms with Gasteiger partial charge in [0.1, 0.15) is 18.3 Å². The second kappa shape index (κ2) is 6.49. The van der Waals surface area contributed by atoms with Gasteiger partial charge in [-0.3, -0.25) is 0 Å². The van der Waals surface area contributed by atoms with Crippen molar-refractivity contribution in [1.82, 2.24) is 0 Å². The number of aliphatic hydroxyl groups excluding tert-OH is 1. The maximum Gasteiger partial charge on any atom is 0.187 e.